The van der Waals surface area contributed by atoms with Crippen LogP contribution < -0.4 is 5.43 Å². The summed E-state index contributed by atoms with van der Waals surface area (Å²) in [5, 5.41) is 10.1. The van der Waals surface area contributed by atoms with Gasteiger partial charge in [-0.2, -0.15) is 0 Å². The van der Waals surface area contributed by atoms with Gasteiger partial charge in [0.05, 0.1) is 6.61 Å². The fraction of sp³-hybridized carbons (Fsp3) is 0.833. The Bertz CT molecular complexity index is 138. The highest BCUT2D eigenvalue weighted by Crippen LogP contribution is 2.05. The van der Waals surface area contributed by atoms with Crippen LogP contribution in [0.1, 0.15) is 12.8 Å². The molecule has 0 aliphatic carbocycles. The summed E-state index contributed by atoms with van der Waals surface area (Å²) < 4.78 is 0. The third-order valence-corrected chi connectivity index (χ3v) is 1.68. The number of rotatable bonds is 1. The Labute approximate surface area is 59.8 Å². The van der Waals surface area contributed by atoms with Crippen molar-refractivity contribution in [2.45, 2.75) is 18.9 Å². The molecule has 0 spiro atoms. The van der Waals surface area contributed by atoms with Crippen LogP contribution in [0.15, 0.2) is 0 Å². The van der Waals surface area contributed by atoms with Gasteiger partial charge in [0.25, 0.3) is 0 Å². The van der Waals surface area contributed by atoms with Gasteiger partial charge in [-0.1, -0.05) is 0 Å². The predicted octanol–water partition coefficient (Wildman–Crippen LogP) is -0.896. The predicted molar refractivity (Wildman–Crippen MR) is 36.0 cm³/mol. The smallest absolute Gasteiger partial charge is 0.236 e. The van der Waals surface area contributed by atoms with E-state index in [9.17, 15) is 4.79 Å². The lowest BCUT2D eigenvalue weighted by atomic mass is 10.1. The summed E-state index contributed by atoms with van der Waals surface area (Å²) >= 11 is 0. The number of hydrogen-bond donors (Lipinski definition) is 2. The number of hydrogen-bond acceptors (Lipinski definition) is 3. The first-order valence-electron chi connectivity index (χ1n) is 3.37. The molecule has 1 fully saturated rings. The van der Waals surface area contributed by atoms with Crippen molar-refractivity contribution < 1.29 is 9.90 Å². The number of nitrogens with one attached hydrogen (secondary N) is 1. The SMILES string of the molecule is CN1NC(CO)CCC1=O. The molecule has 1 saturated heterocycles. The van der Waals surface area contributed by atoms with Crippen LogP contribution in [0.25, 0.3) is 0 Å². The highest BCUT2D eigenvalue weighted by atomic mass is 16.3. The van der Waals surface area contributed by atoms with Crippen molar-refractivity contribution in [3.8, 4) is 0 Å². The zero-order valence-electron chi connectivity index (χ0n) is 6.00. The van der Waals surface area contributed by atoms with Crippen molar-refractivity contribution in [3.63, 3.8) is 0 Å². The number of amides is 1. The Kier molecular flexibility index (Phi) is 2.24. The van der Waals surface area contributed by atoms with E-state index in [0.29, 0.717) is 6.42 Å². The normalized spacial score (nSPS) is 27.2. The van der Waals surface area contributed by atoms with Crippen LogP contribution in [0.4, 0.5) is 0 Å². The lowest BCUT2D eigenvalue weighted by Crippen LogP contribution is -2.51. The van der Waals surface area contributed by atoms with Crippen LogP contribution in [-0.2, 0) is 4.79 Å². The lowest BCUT2D eigenvalue weighted by Gasteiger charge is -2.29. The summed E-state index contributed by atoms with van der Waals surface area (Å²) in [6.07, 6.45) is 1.27. The highest BCUT2D eigenvalue weighted by Gasteiger charge is 2.20. The van der Waals surface area contributed by atoms with Gasteiger partial charge in [0, 0.05) is 19.5 Å². The molecule has 1 unspecified atom stereocenters. The fourth-order valence-electron chi connectivity index (χ4n) is 1.01. The Hall–Kier alpha value is -0.610. The Balaban J connectivity index is 2.40. The molecule has 0 saturated carbocycles. The average Bonchev–Trinajstić information content (AvgIpc) is 1.95. The van der Waals surface area contributed by atoms with E-state index in [-0.39, 0.29) is 18.6 Å². The molecule has 1 aliphatic heterocycles. The molecule has 0 bridgehead atoms. The minimum Gasteiger partial charge on any atom is -0.395 e. The zero-order chi connectivity index (χ0) is 7.56. The van der Waals surface area contributed by atoms with E-state index in [1.54, 1.807) is 7.05 Å². The second kappa shape index (κ2) is 2.98. The van der Waals surface area contributed by atoms with Gasteiger partial charge in [-0.25, -0.2) is 5.43 Å². The van der Waals surface area contributed by atoms with Gasteiger partial charge in [0.15, 0.2) is 0 Å². The number of aliphatic hydroxyl groups is 1. The van der Waals surface area contributed by atoms with Crippen molar-refractivity contribution >= 4 is 5.91 Å². The van der Waals surface area contributed by atoms with Gasteiger partial charge in [0.1, 0.15) is 0 Å². The standard InChI is InChI=1S/C6H12N2O2/c1-8-6(10)3-2-5(4-9)7-8/h5,7,9H,2-4H2,1H3. The average molecular weight is 144 g/mol. The minimum atomic E-state index is 0.0581. The van der Waals surface area contributed by atoms with Crippen molar-refractivity contribution in [2.24, 2.45) is 0 Å². The van der Waals surface area contributed by atoms with Gasteiger partial charge in [0.2, 0.25) is 5.91 Å². The molecule has 1 rings (SSSR count). The van der Waals surface area contributed by atoms with Crippen LogP contribution in [0, 0.1) is 0 Å². The molecule has 0 aromatic carbocycles. The van der Waals surface area contributed by atoms with Gasteiger partial charge in [-0.3, -0.25) is 9.80 Å². The molecule has 2 N–H and O–H groups in total. The number of carbonyl (C=O) groups is 1. The molecule has 10 heavy (non-hydrogen) atoms. The maximum absolute atomic E-state index is 10.8. The third kappa shape index (κ3) is 1.46. The molecule has 0 aromatic rings. The second-order valence-corrected chi connectivity index (χ2v) is 2.50. The van der Waals surface area contributed by atoms with E-state index >= 15 is 0 Å². The number of carbonyl (C=O) groups excluding carboxylic acids is 1. The number of aliphatic hydroxyl groups excluding tert-OH is 1. The Morgan fingerprint density at radius 2 is 2.60 bits per heavy atom. The molecular weight excluding hydrogens is 132 g/mol. The monoisotopic (exact) mass is 144 g/mol. The molecular formula is C6H12N2O2. The molecule has 58 valence electrons. The van der Waals surface area contributed by atoms with Crippen LogP contribution in [-0.4, -0.2) is 35.7 Å². The Morgan fingerprint density at radius 1 is 1.90 bits per heavy atom. The first kappa shape index (κ1) is 7.50. The molecule has 1 aliphatic rings. The molecule has 4 nitrogen and oxygen atoms in total. The van der Waals surface area contributed by atoms with E-state index in [1.807, 2.05) is 0 Å². The van der Waals surface area contributed by atoms with Crippen molar-refractivity contribution in [2.75, 3.05) is 13.7 Å². The molecule has 1 amide bonds. The van der Waals surface area contributed by atoms with Crippen molar-refractivity contribution in [3.05, 3.63) is 0 Å². The first-order valence-corrected chi connectivity index (χ1v) is 3.37. The molecule has 4 heteroatoms. The summed E-state index contributed by atoms with van der Waals surface area (Å²) in [6, 6.07) is 0.0581. The minimum absolute atomic E-state index is 0.0581. The maximum atomic E-state index is 10.8. The summed E-state index contributed by atoms with van der Waals surface area (Å²) in [6.45, 7) is 0.0949. The summed E-state index contributed by atoms with van der Waals surface area (Å²) in [4.78, 5) is 10.8. The van der Waals surface area contributed by atoms with Crippen LogP contribution in [0.2, 0.25) is 0 Å². The molecule has 0 aromatic heterocycles. The van der Waals surface area contributed by atoms with Crippen LogP contribution >= 0.6 is 0 Å². The van der Waals surface area contributed by atoms with Crippen LogP contribution in [0.5, 0.6) is 0 Å². The zero-order valence-corrected chi connectivity index (χ0v) is 6.00. The Morgan fingerprint density at radius 3 is 3.10 bits per heavy atom. The van der Waals surface area contributed by atoms with E-state index in [4.69, 9.17) is 5.11 Å². The van der Waals surface area contributed by atoms with E-state index in [0.717, 1.165) is 6.42 Å². The summed E-state index contributed by atoms with van der Waals surface area (Å²) in [5.41, 5.74) is 2.85. The summed E-state index contributed by atoms with van der Waals surface area (Å²) in [7, 11) is 1.67. The van der Waals surface area contributed by atoms with Crippen LogP contribution in [0.3, 0.4) is 0 Å². The van der Waals surface area contributed by atoms with Gasteiger partial charge in [-0.05, 0) is 6.42 Å². The number of nitrogens with zero attached hydrogens (tertiary/aromatic N) is 1. The first-order chi connectivity index (χ1) is 4.74. The van der Waals surface area contributed by atoms with E-state index < -0.39 is 0 Å². The van der Waals surface area contributed by atoms with E-state index in [1.165, 1.54) is 5.01 Å². The second-order valence-electron chi connectivity index (χ2n) is 2.50. The summed E-state index contributed by atoms with van der Waals surface area (Å²) in [5.74, 6) is 0.0877. The topological polar surface area (TPSA) is 52.6 Å². The van der Waals surface area contributed by atoms with Gasteiger partial charge < -0.3 is 5.11 Å². The third-order valence-electron chi connectivity index (χ3n) is 1.68. The number of hydrazine groups is 1. The fourth-order valence-corrected chi connectivity index (χ4v) is 1.01. The largest absolute Gasteiger partial charge is 0.395 e. The van der Waals surface area contributed by atoms with Gasteiger partial charge in [-0.15, -0.1) is 0 Å². The van der Waals surface area contributed by atoms with E-state index in [2.05, 4.69) is 5.43 Å². The maximum Gasteiger partial charge on any atom is 0.236 e. The van der Waals surface area contributed by atoms with Crippen molar-refractivity contribution in [1.29, 1.82) is 0 Å². The highest BCUT2D eigenvalue weighted by molar-refractivity contribution is 5.76. The molecule has 0 radical (unpaired) electrons. The quantitative estimate of drug-likeness (QED) is 0.501. The molecule has 1 atom stereocenters. The lowest BCUT2D eigenvalue weighted by molar-refractivity contribution is -0.137. The van der Waals surface area contributed by atoms with Gasteiger partial charge >= 0.3 is 0 Å². The van der Waals surface area contributed by atoms with Crippen molar-refractivity contribution in [1.82, 2.24) is 10.4 Å². The molecule has 1 heterocycles.